The summed E-state index contributed by atoms with van der Waals surface area (Å²) in [6.07, 6.45) is 42.9. The monoisotopic (exact) mass is 1110 g/mol. The van der Waals surface area contributed by atoms with Gasteiger partial charge in [0, 0.05) is 33.1 Å². The minimum Gasteiger partial charge on any atom is -0.460 e. The average molecular weight is 1110 g/mol. The van der Waals surface area contributed by atoms with Crippen LogP contribution in [-0.4, -0.2) is 131 Å². The van der Waals surface area contributed by atoms with Crippen molar-refractivity contribution in [2.75, 3.05) is 67.6 Å². The summed E-state index contributed by atoms with van der Waals surface area (Å²) in [5.74, 6) is -1.64. The van der Waals surface area contributed by atoms with Crippen LogP contribution in [0.4, 0.5) is 0 Å². The molecule has 14 nitrogen and oxygen atoms in total. The Morgan fingerprint density at radius 3 is 1.06 bits per heavy atom. The zero-order chi connectivity index (χ0) is 58.0. The minimum atomic E-state index is -0.821. The molecule has 0 saturated carbocycles. The fourth-order valence-electron chi connectivity index (χ4n) is 9.28. The summed E-state index contributed by atoms with van der Waals surface area (Å²) in [7, 11) is 7.78. The molecule has 0 aromatic heterocycles. The molecule has 0 radical (unpaired) electrons. The van der Waals surface area contributed by atoms with Crippen molar-refractivity contribution in [3.63, 3.8) is 0 Å². The van der Waals surface area contributed by atoms with Gasteiger partial charge in [-0.25, -0.2) is 9.59 Å². The van der Waals surface area contributed by atoms with E-state index in [1.54, 1.807) is 0 Å². The first-order valence-electron chi connectivity index (χ1n) is 31.4. The van der Waals surface area contributed by atoms with E-state index in [9.17, 15) is 28.8 Å². The molecule has 0 aromatic carbocycles. The Kier molecular flexibility index (Phi) is 47.8. The van der Waals surface area contributed by atoms with E-state index in [0.29, 0.717) is 41.3 Å². The fraction of sp³-hybridized carbons (Fsp3) is 0.844. The number of rotatable bonds is 54. The number of quaternary nitrogens is 2. The number of unbranched alkanes of at least 4 members (excludes halogenated alkanes) is 22. The molecule has 0 amide bonds. The number of esters is 6. The molecule has 0 aromatic rings. The number of nitrogens with zero attached hydrogens (tertiary/aromatic N) is 2. The van der Waals surface area contributed by atoms with Crippen LogP contribution in [0.15, 0.2) is 24.3 Å². The number of likely N-dealkylation sites (N-methyl/N-ethyl adjacent to an activating group) is 2. The first-order valence-corrected chi connectivity index (χ1v) is 31.4. The standard InChI is InChI=1S/C64H118N2O12/c1-10-13-16-19-26-35-42-49-64(77-60(69)47-40-33-29-24-20-22-27-31-38-45-58(43-36-17-14-11-2)75-62(71)54-65(6,7)50-52-73-56(4)67)78-61(70)48-41-34-30-25-21-23-28-32-39-46-59(44-37-18-15-12-3)76-63(72)55-66(8,9)51-53-74-57(5)68/h27-28,31-32,58-59,64H,10-26,29-30,33-55H2,1-9H3/q+2. The summed E-state index contributed by atoms with van der Waals surface area (Å²) in [4.78, 5) is 74.0. The SMILES string of the molecule is CCCCCCCCCC(OC(=O)CCCCCCCC=CCCC(CCCCCC)OC(=O)C[N+](C)(C)CCOC(C)=O)OC(=O)CCCCCCCC=CCCC(CCCCCC)OC(=O)C[N+](C)(C)CCOC(C)=O. The lowest BCUT2D eigenvalue weighted by molar-refractivity contribution is -0.883. The molecule has 0 aliphatic rings. The van der Waals surface area contributed by atoms with Crippen LogP contribution in [0.5, 0.6) is 0 Å². The zero-order valence-electron chi connectivity index (χ0n) is 51.5. The van der Waals surface area contributed by atoms with Gasteiger partial charge < -0.3 is 37.4 Å². The van der Waals surface area contributed by atoms with Gasteiger partial charge in [-0.15, -0.1) is 0 Å². The van der Waals surface area contributed by atoms with E-state index in [1.807, 2.05) is 28.2 Å². The van der Waals surface area contributed by atoms with Crippen LogP contribution in [0, 0.1) is 0 Å². The molecule has 0 N–H and O–H groups in total. The lowest BCUT2D eigenvalue weighted by atomic mass is 10.0. The first kappa shape index (κ1) is 74.2. The molecular weight excluding hydrogens is 989 g/mol. The van der Waals surface area contributed by atoms with E-state index in [-0.39, 0.29) is 74.3 Å². The minimum absolute atomic E-state index is 0.101. The summed E-state index contributed by atoms with van der Waals surface area (Å²) in [5.41, 5.74) is 0. The van der Waals surface area contributed by atoms with Crippen molar-refractivity contribution in [3.8, 4) is 0 Å². The van der Waals surface area contributed by atoms with Crippen molar-refractivity contribution < 1.29 is 66.2 Å². The van der Waals surface area contributed by atoms with Gasteiger partial charge in [-0.1, -0.05) is 161 Å². The molecule has 0 aliphatic carbocycles. The van der Waals surface area contributed by atoms with Gasteiger partial charge >= 0.3 is 35.8 Å². The highest BCUT2D eigenvalue weighted by Crippen LogP contribution is 2.19. The van der Waals surface area contributed by atoms with Gasteiger partial charge in [-0.05, 0) is 96.3 Å². The van der Waals surface area contributed by atoms with Crippen LogP contribution in [0.2, 0.25) is 0 Å². The van der Waals surface area contributed by atoms with Crippen LogP contribution in [0.3, 0.4) is 0 Å². The van der Waals surface area contributed by atoms with E-state index >= 15 is 0 Å². The van der Waals surface area contributed by atoms with E-state index in [4.69, 9.17) is 28.4 Å². The fourth-order valence-corrected chi connectivity index (χ4v) is 9.28. The van der Waals surface area contributed by atoms with Crippen molar-refractivity contribution in [2.45, 2.75) is 284 Å². The second kappa shape index (κ2) is 50.2. The molecule has 14 heteroatoms. The molecule has 0 rings (SSSR count). The van der Waals surface area contributed by atoms with E-state index in [1.165, 1.54) is 52.4 Å². The predicted octanol–water partition coefficient (Wildman–Crippen LogP) is 14.7. The Morgan fingerprint density at radius 2 is 0.679 bits per heavy atom. The maximum atomic E-state index is 12.9. The van der Waals surface area contributed by atoms with Crippen molar-refractivity contribution in [1.82, 2.24) is 0 Å². The first-order chi connectivity index (χ1) is 37.4. The van der Waals surface area contributed by atoms with Crippen LogP contribution < -0.4 is 0 Å². The van der Waals surface area contributed by atoms with Gasteiger partial charge in [0.15, 0.2) is 13.1 Å². The molecule has 0 aliphatic heterocycles. The maximum absolute atomic E-state index is 12.9. The van der Waals surface area contributed by atoms with Crippen molar-refractivity contribution in [3.05, 3.63) is 24.3 Å². The van der Waals surface area contributed by atoms with Crippen LogP contribution in [-0.2, 0) is 57.2 Å². The third-order valence-corrected chi connectivity index (χ3v) is 14.2. The van der Waals surface area contributed by atoms with E-state index < -0.39 is 6.29 Å². The normalized spacial score (nSPS) is 13.1. The number of hydrogen-bond donors (Lipinski definition) is 0. The summed E-state index contributed by atoms with van der Waals surface area (Å²) in [6.45, 7) is 11.5. The Labute approximate surface area is 476 Å². The van der Waals surface area contributed by atoms with Crippen LogP contribution in [0.25, 0.3) is 0 Å². The van der Waals surface area contributed by atoms with Gasteiger partial charge in [0.2, 0.25) is 6.29 Å². The van der Waals surface area contributed by atoms with Crippen molar-refractivity contribution in [2.24, 2.45) is 0 Å². The number of ether oxygens (including phenoxy) is 6. The maximum Gasteiger partial charge on any atom is 0.362 e. The van der Waals surface area contributed by atoms with Crippen LogP contribution in [0.1, 0.15) is 266 Å². The second-order valence-corrected chi connectivity index (χ2v) is 23.3. The zero-order valence-corrected chi connectivity index (χ0v) is 51.5. The third-order valence-electron chi connectivity index (χ3n) is 14.2. The van der Waals surface area contributed by atoms with Gasteiger partial charge in [-0.3, -0.25) is 19.2 Å². The smallest absolute Gasteiger partial charge is 0.362 e. The quantitative estimate of drug-likeness (QED) is 0.0142. The highest BCUT2D eigenvalue weighted by atomic mass is 16.7. The molecule has 78 heavy (non-hydrogen) atoms. The number of carbonyl (C=O) groups excluding carboxylic acids is 6. The van der Waals surface area contributed by atoms with Gasteiger partial charge in [0.05, 0.1) is 28.2 Å². The largest absolute Gasteiger partial charge is 0.460 e. The van der Waals surface area contributed by atoms with Crippen LogP contribution >= 0.6 is 0 Å². The molecule has 0 saturated heterocycles. The second-order valence-electron chi connectivity index (χ2n) is 23.3. The average Bonchev–Trinajstić information content (AvgIpc) is 3.36. The van der Waals surface area contributed by atoms with Gasteiger partial charge in [0.1, 0.15) is 38.5 Å². The molecule has 2 unspecified atom stereocenters. The summed E-state index contributed by atoms with van der Waals surface area (Å²) in [5, 5.41) is 0. The lowest BCUT2D eigenvalue weighted by Crippen LogP contribution is -2.47. The van der Waals surface area contributed by atoms with E-state index in [2.05, 4.69) is 45.1 Å². The summed E-state index contributed by atoms with van der Waals surface area (Å²) >= 11 is 0. The lowest BCUT2D eigenvalue weighted by Gasteiger charge is -2.29. The molecule has 0 heterocycles. The Balaban J connectivity index is 4.68. The molecule has 454 valence electrons. The molecular formula is C64H118N2O12+2. The molecule has 2 atom stereocenters. The third kappa shape index (κ3) is 50.4. The topological polar surface area (TPSA) is 158 Å². The predicted molar refractivity (Wildman–Crippen MR) is 314 cm³/mol. The Bertz CT molecular complexity index is 1490. The van der Waals surface area contributed by atoms with E-state index in [0.717, 1.165) is 173 Å². The van der Waals surface area contributed by atoms with Gasteiger partial charge in [-0.2, -0.15) is 0 Å². The number of carbonyl (C=O) groups is 6. The summed E-state index contributed by atoms with van der Waals surface area (Å²) in [6, 6.07) is 0. The van der Waals surface area contributed by atoms with Crippen molar-refractivity contribution >= 4 is 35.8 Å². The molecule has 0 bridgehead atoms. The molecule has 0 fully saturated rings. The van der Waals surface area contributed by atoms with Crippen molar-refractivity contribution in [1.29, 1.82) is 0 Å². The van der Waals surface area contributed by atoms with Gasteiger partial charge in [0.25, 0.3) is 0 Å². The highest BCUT2D eigenvalue weighted by Gasteiger charge is 2.26. The highest BCUT2D eigenvalue weighted by molar-refractivity contribution is 5.72. The number of hydrogen-bond acceptors (Lipinski definition) is 12. The summed E-state index contributed by atoms with van der Waals surface area (Å²) < 4.78 is 34.5. The Hall–Kier alpha value is -3.78. The molecule has 0 spiro atoms. The number of allylic oxidation sites excluding steroid dienone is 4. The Morgan fingerprint density at radius 1 is 0.359 bits per heavy atom.